The van der Waals surface area contributed by atoms with Crippen molar-refractivity contribution in [2.45, 2.75) is 51.5 Å². The van der Waals surface area contributed by atoms with Gasteiger partial charge in [-0.3, -0.25) is 9.59 Å². The van der Waals surface area contributed by atoms with Crippen molar-refractivity contribution in [1.29, 1.82) is 0 Å². The summed E-state index contributed by atoms with van der Waals surface area (Å²) < 4.78 is 5.07. The molecule has 1 amide bonds. The second kappa shape index (κ2) is 10.4. The maximum atomic E-state index is 12.6. The Morgan fingerprint density at radius 2 is 1.64 bits per heavy atom. The van der Waals surface area contributed by atoms with Gasteiger partial charge in [0.1, 0.15) is 0 Å². The van der Waals surface area contributed by atoms with E-state index in [4.69, 9.17) is 4.74 Å². The van der Waals surface area contributed by atoms with E-state index in [0.717, 1.165) is 35.2 Å². The number of hydrogen-bond donors (Lipinski definition) is 0. The number of ketones is 1. The number of aryl methyl sites for hydroxylation is 1. The Hall–Kier alpha value is -3.47. The average Bonchev–Trinajstić information content (AvgIpc) is 2.84. The first kappa shape index (κ1) is 22.7. The molecule has 0 N–H and O–H groups in total. The monoisotopic (exact) mass is 442 g/mol. The Morgan fingerprint density at radius 3 is 2.15 bits per heavy atom. The van der Waals surface area contributed by atoms with E-state index in [9.17, 15) is 9.59 Å². The molecule has 0 radical (unpaired) electrons. The van der Waals surface area contributed by atoms with Crippen LogP contribution in [-0.4, -0.2) is 29.8 Å². The number of carbonyl (C=O) groups is 2. The zero-order chi connectivity index (χ0) is 23.2. The third kappa shape index (κ3) is 5.30. The lowest BCUT2D eigenvalue weighted by atomic mass is 9.90. The van der Waals surface area contributed by atoms with E-state index < -0.39 is 0 Å². The van der Waals surface area contributed by atoms with Crippen LogP contribution in [0.25, 0.3) is 11.1 Å². The fraction of sp³-hybridized carbons (Fsp3) is 0.321. The molecule has 2 aromatic carbocycles. The number of Topliss-reactive ketones (excluding diaryl/α,β-unsaturated/α-hetero) is 1. The van der Waals surface area contributed by atoms with Crippen molar-refractivity contribution >= 4 is 17.4 Å². The van der Waals surface area contributed by atoms with Crippen LogP contribution in [0.15, 0.2) is 66.9 Å². The van der Waals surface area contributed by atoms with Gasteiger partial charge in [0.15, 0.2) is 5.78 Å². The number of amides is 1. The summed E-state index contributed by atoms with van der Waals surface area (Å²) >= 11 is 0. The van der Waals surface area contributed by atoms with Gasteiger partial charge in [0.05, 0.1) is 7.11 Å². The van der Waals surface area contributed by atoms with Crippen LogP contribution < -0.4 is 9.64 Å². The summed E-state index contributed by atoms with van der Waals surface area (Å²) in [5, 5.41) is 0. The SMILES string of the molecule is CCC(=O)N(c1ccc(-c2ccc(C(=O)CCc3ccc(OC)nc3)cc2)cc1)C1CCC1. The third-order valence-corrected chi connectivity index (χ3v) is 6.34. The van der Waals surface area contributed by atoms with E-state index in [1.807, 2.05) is 60.4 Å². The summed E-state index contributed by atoms with van der Waals surface area (Å²) in [5.74, 6) is 0.865. The lowest BCUT2D eigenvalue weighted by Gasteiger charge is -2.37. The first-order valence-corrected chi connectivity index (χ1v) is 11.6. The van der Waals surface area contributed by atoms with Crippen LogP contribution in [0.1, 0.15) is 54.9 Å². The number of benzene rings is 2. The van der Waals surface area contributed by atoms with Gasteiger partial charge < -0.3 is 9.64 Å². The minimum Gasteiger partial charge on any atom is -0.481 e. The first-order valence-electron chi connectivity index (χ1n) is 11.6. The van der Waals surface area contributed by atoms with Crippen molar-refractivity contribution in [3.63, 3.8) is 0 Å². The van der Waals surface area contributed by atoms with Crippen molar-refractivity contribution in [2.75, 3.05) is 12.0 Å². The molecule has 3 aromatic rings. The van der Waals surface area contributed by atoms with Gasteiger partial charge in [0.2, 0.25) is 11.8 Å². The van der Waals surface area contributed by atoms with Crippen molar-refractivity contribution in [1.82, 2.24) is 4.98 Å². The standard InChI is InChI=1S/C28H30N2O3/c1-3-28(32)30(24-5-4-6-24)25-15-13-22(14-16-25)21-9-11-23(12-10-21)26(31)17-7-20-8-18-27(33-2)29-19-20/h8-16,18-19,24H,3-7,17H2,1-2H3. The van der Waals surface area contributed by atoms with Gasteiger partial charge in [-0.15, -0.1) is 0 Å². The summed E-state index contributed by atoms with van der Waals surface area (Å²) in [6.07, 6.45) is 6.70. The topological polar surface area (TPSA) is 59.5 Å². The molecule has 4 rings (SSSR count). The number of rotatable bonds is 9. The molecule has 0 spiro atoms. The van der Waals surface area contributed by atoms with E-state index in [2.05, 4.69) is 17.1 Å². The van der Waals surface area contributed by atoms with E-state index in [1.165, 1.54) is 6.42 Å². The molecular weight excluding hydrogens is 412 g/mol. The lowest BCUT2D eigenvalue weighted by Crippen LogP contribution is -2.44. The van der Waals surface area contributed by atoms with E-state index >= 15 is 0 Å². The molecule has 33 heavy (non-hydrogen) atoms. The number of aromatic nitrogens is 1. The van der Waals surface area contributed by atoms with Crippen LogP contribution in [-0.2, 0) is 11.2 Å². The third-order valence-electron chi connectivity index (χ3n) is 6.34. The highest BCUT2D eigenvalue weighted by Gasteiger charge is 2.29. The molecule has 0 unspecified atom stereocenters. The maximum Gasteiger partial charge on any atom is 0.226 e. The fourth-order valence-corrected chi connectivity index (χ4v) is 4.12. The Balaban J connectivity index is 1.39. The Morgan fingerprint density at radius 1 is 0.970 bits per heavy atom. The molecule has 1 aromatic heterocycles. The highest BCUT2D eigenvalue weighted by Crippen LogP contribution is 2.32. The molecule has 170 valence electrons. The molecule has 0 saturated heterocycles. The van der Waals surface area contributed by atoms with Crippen LogP contribution >= 0.6 is 0 Å². The second-order valence-corrected chi connectivity index (χ2v) is 8.46. The normalized spacial score (nSPS) is 13.3. The quantitative estimate of drug-likeness (QED) is 0.389. The summed E-state index contributed by atoms with van der Waals surface area (Å²) in [4.78, 5) is 31.2. The molecule has 1 heterocycles. The van der Waals surface area contributed by atoms with Gasteiger partial charge in [-0.2, -0.15) is 0 Å². The first-order chi connectivity index (χ1) is 16.1. The molecule has 0 aliphatic heterocycles. The molecular formula is C28H30N2O3. The summed E-state index contributed by atoms with van der Waals surface area (Å²) in [5.41, 5.74) is 4.81. The number of ether oxygens (including phenoxy) is 1. The molecule has 5 heteroatoms. The maximum absolute atomic E-state index is 12.6. The molecule has 1 saturated carbocycles. The van der Waals surface area contributed by atoms with Crippen molar-refractivity contribution in [3.8, 4) is 17.0 Å². The van der Waals surface area contributed by atoms with E-state index in [-0.39, 0.29) is 11.7 Å². The van der Waals surface area contributed by atoms with Crippen molar-refractivity contribution < 1.29 is 14.3 Å². The van der Waals surface area contributed by atoms with Gasteiger partial charge in [0, 0.05) is 42.4 Å². The Bertz CT molecular complexity index is 1090. The average molecular weight is 443 g/mol. The minimum atomic E-state index is 0.113. The lowest BCUT2D eigenvalue weighted by molar-refractivity contribution is -0.119. The summed E-state index contributed by atoms with van der Waals surface area (Å²) in [6, 6.07) is 20.0. The number of anilines is 1. The minimum absolute atomic E-state index is 0.113. The zero-order valence-corrected chi connectivity index (χ0v) is 19.3. The number of hydrogen-bond acceptors (Lipinski definition) is 4. The van der Waals surface area contributed by atoms with Crippen LogP contribution in [0.3, 0.4) is 0 Å². The summed E-state index contributed by atoms with van der Waals surface area (Å²) in [6.45, 7) is 1.92. The second-order valence-electron chi connectivity index (χ2n) is 8.46. The molecule has 1 fully saturated rings. The molecule has 1 aliphatic rings. The predicted octanol–water partition coefficient (Wildman–Crippen LogP) is 5.87. The summed E-state index contributed by atoms with van der Waals surface area (Å²) in [7, 11) is 1.58. The number of methoxy groups -OCH3 is 1. The fourth-order valence-electron chi connectivity index (χ4n) is 4.12. The van der Waals surface area contributed by atoms with E-state index in [0.29, 0.717) is 36.7 Å². The van der Waals surface area contributed by atoms with Crippen molar-refractivity contribution in [3.05, 3.63) is 78.0 Å². The van der Waals surface area contributed by atoms with Crippen LogP contribution in [0, 0.1) is 0 Å². The smallest absolute Gasteiger partial charge is 0.226 e. The largest absolute Gasteiger partial charge is 0.481 e. The number of pyridine rings is 1. The van der Waals surface area contributed by atoms with Gasteiger partial charge >= 0.3 is 0 Å². The molecule has 0 atom stereocenters. The van der Waals surface area contributed by atoms with Gasteiger partial charge in [-0.05, 0) is 54.5 Å². The Kier molecular flexibility index (Phi) is 7.18. The van der Waals surface area contributed by atoms with Crippen LogP contribution in [0.2, 0.25) is 0 Å². The van der Waals surface area contributed by atoms with Gasteiger partial charge in [-0.1, -0.05) is 49.4 Å². The number of carbonyl (C=O) groups excluding carboxylic acids is 2. The van der Waals surface area contributed by atoms with Gasteiger partial charge in [-0.25, -0.2) is 4.98 Å². The predicted molar refractivity (Wildman–Crippen MR) is 131 cm³/mol. The van der Waals surface area contributed by atoms with E-state index in [1.54, 1.807) is 13.3 Å². The number of nitrogens with zero attached hydrogens (tertiary/aromatic N) is 2. The highest BCUT2D eigenvalue weighted by molar-refractivity contribution is 5.97. The zero-order valence-electron chi connectivity index (χ0n) is 19.3. The van der Waals surface area contributed by atoms with Crippen LogP contribution in [0.4, 0.5) is 5.69 Å². The molecule has 0 bridgehead atoms. The molecule has 5 nitrogen and oxygen atoms in total. The Labute approximate surface area is 195 Å². The van der Waals surface area contributed by atoms with Crippen LogP contribution in [0.5, 0.6) is 5.88 Å². The van der Waals surface area contributed by atoms with Gasteiger partial charge in [0.25, 0.3) is 0 Å². The molecule has 1 aliphatic carbocycles. The highest BCUT2D eigenvalue weighted by atomic mass is 16.5. The van der Waals surface area contributed by atoms with Crippen molar-refractivity contribution in [2.24, 2.45) is 0 Å².